The lowest BCUT2D eigenvalue weighted by atomic mass is 10.2. The SMILES string of the molecule is O=C(NCCn1ncc2c(=O)n(Cc3cccc(Cl)c3)cnc21)c1ccco1. The van der Waals surface area contributed by atoms with Crippen LogP contribution < -0.4 is 10.9 Å². The Bertz CT molecular complexity index is 1180. The molecule has 0 saturated heterocycles. The van der Waals surface area contributed by atoms with Crippen LogP contribution in [0.3, 0.4) is 0 Å². The molecule has 0 radical (unpaired) electrons. The highest BCUT2D eigenvalue weighted by molar-refractivity contribution is 6.30. The fourth-order valence-corrected chi connectivity index (χ4v) is 3.09. The van der Waals surface area contributed by atoms with Crippen LogP contribution in [-0.4, -0.2) is 31.8 Å². The van der Waals surface area contributed by atoms with Crippen molar-refractivity contribution in [3.63, 3.8) is 0 Å². The number of nitrogens with zero attached hydrogens (tertiary/aromatic N) is 4. The lowest BCUT2D eigenvalue weighted by Gasteiger charge is -2.07. The molecule has 0 unspecified atom stereocenters. The fourth-order valence-electron chi connectivity index (χ4n) is 2.88. The smallest absolute Gasteiger partial charge is 0.287 e. The maximum atomic E-state index is 12.7. The number of furan rings is 1. The fraction of sp³-hybridized carbons (Fsp3) is 0.158. The zero-order chi connectivity index (χ0) is 19.5. The van der Waals surface area contributed by atoms with Gasteiger partial charge in [-0.25, -0.2) is 9.67 Å². The van der Waals surface area contributed by atoms with Crippen LogP contribution >= 0.6 is 11.6 Å². The number of halogens is 1. The van der Waals surface area contributed by atoms with Crippen LogP contribution in [0, 0.1) is 0 Å². The Morgan fingerprint density at radius 3 is 2.93 bits per heavy atom. The van der Waals surface area contributed by atoms with Crippen LogP contribution in [0.4, 0.5) is 0 Å². The van der Waals surface area contributed by atoms with Gasteiger partial charge in [-0.3, -0.25) is 14.2 Å². The van der Waals surface area contributed by atoms with Crippen molar-refractivity contribution in [3.05, 3.63) is 81.9 Å². The lowest BCUT2D eigenvalue weighted by Crippen LogP contribution is -2.27. The predicted octanol–water partition coefficient (Wildman–Crippen LogP) is 2.32. The molecule has 4 rings (SSSR count). The Labute approximate surface area is 164 Å². The van der Waals surface area contributed by atoms with E-state index in [0.717, 1.165) is 5.56 Å². The number of nitrogens with one attached hydrogen (secondary N) is 1. The third-order valence-electron chi connectivity index (χ3n) is 4.22. The minimum absolute atomic E-state index is 0.184. The zero-order valence-corrected chi connectivity index (χ0v) is 15.5. The summed E-state index contributed by atoms with van der Waals surface area (Å²) < 4.78 is 8.14. The molecule has 0 aliphatic rings. The summed E-state index contributed by atoms with van der Waals surface area (Å²) in [5, 5.41) is 7.99. The van der Waals surface area contributed by atoms with Gasteiger partial charge in [-0.15, -0.1) is 0 Å². The maximum Gasteiger partial charge on any atom is 0.287 e. The highest BCUT2D eigenvalue weighted by Crippen LogP contribution is 2.12. The van der Waals surface area contributed by atoms with Gasteiger partial charge in [0.25, 0.3) is 11.5 Å². The number of aromatic nitrogens is 4. The second-order valence-corrected chi connectivity index (χ2v) is 6.58. The van der Waals surface area contributed by atoms with E-state index in [4.69, 9.17) is 16.0 Å². The van der Waals surface area contributed by atoms with Gasteiger partial charge in [-0.2, -0.15) is 5.10 Å². The summed E-state index contributed by atoms with van der Waals surface area (Å²) in [6.07, 6.45) is 4.42. The second-order valence-electron chi connectivity index (χ2n) is 6.15. The van der Waals surface area contributed by atoms with E-state index in [-0.39, 0.29) is 17.2 Å². The summed E-state index contributed by atoms with van der Waals surface area (Å²) in [4.78, 5) is 29.0. The van der Waals surface area contributed by atoms with Crippen LogP contribution in [0.25, 0.3) is 11.0 Å². The van der Waals surface area contributed by atoms with E-state index in [9.17, 15) is 9.59 Å². The van der Waals surface area contributed by atoms with Crippen molar-refractivity contribution in [1.82, 2.24) is 24.6 Å². The van der Waals surface area contributed by atoms with Gasteiger partial charge >= 0.3 is 0 Å². The number of fused-ring (bicyclic) bond motifs is 1. The normalized spacial score (nSPS) is 11.0. The predicted molar refractivity (Wildman–Crippen MR) is 103 cm³/mol. The Kier molecular flexibility index (Phi) is 4.94. The van der Waals surface area contributed by atoms with Gasteiger partial charge in [-0.1, -0.05) is 23.7 Å². The van der Waals surface area contributed by atoms with Gasteiger partial charge < -0.3 is 9.73 Å². The first-order valence-electron chi connectivity index (χ1n) is 8.59. The molecular formula is C19H16ClN5O3. The molecule has 1 aromatic carbocycles. The molecule has 28 heavy (non-hydrogen) atoms. The average Bonchev–Trinajstić information content (AvgIpc) is 3.35. The van der Waals surface area contributed by atoms with E-state index in [1.807, 2.05) is 18.2 Å². The van der Waals surface area contributed by atoms with Crippen LogP contribution in [0.2, 0.25) is 5.02 Å². The van der Waals surface area contributed by atoms with E-state index in [2.05, 4.69) is 15.4 Å². The molecule has 3 aromatic heterocycles. The molecule has 9 heteroatoms. The summed E-state index contributed by atoms with van der Waals surface area (Å²) in [6, 6.07) is 10.6. The molecule has 0 spiro atoms. The van der Waals surface area contributed by atoms with E-state index in [0.29, 0.717) is 35.7 Å². The molecule has 0 bridgehead atoms. The standard InChI is InChI=1S/C19H16ClN5O3/c20-14-4-1-3-13(9-14)11-24-12-22-17-15(19(24)27)10-23-25(17)7-6-21-18(26)16-5-2-8-28-16/h1-5,8-10,12H,6-7,11H2,(H,21,26). The largest absolute Gasteiger partial charge is 0.459 e. The molecular weight excluding hydrogens is 382 g/mol. The van der Waals surface area contributed by atoms with Crippen molar-refractivity contribution in [1.29, 1.82) is 0 Å². The Hall–Kier alpha value is -3.39. The molecule has 142 valence electrons. The third kappa shape index (κ3) is 3.67. The summed E-state index contributed by atoms with van der Waals surface area (Å²) in [5.74, 6) is -0.0642. The molecule has 0 atom stereocenters. The van der Waals surface area contributed by atoms with Crippen molar-refractivity contribution in [3.8, 4) is 0 Å². The summed E-state index contributed by atoms with van der Waals surface area (Å²) in [7, 11) is 0. The highest BCUT2D eigenvalue weighted by atomic mass is 35.5. The second kappa shape index (κ2) is 7.69. The van der Waals surface area contributed by atoms with Crippen molar-refractivity contribution in [2.75, 3.05) is 6.54 Å². The monoisotopic (exact) mass is 397 g/mol. The molecule has 3 heterocycles. The highest BCUT2D eigenvalue weighted by Gasteiger charge is 2.12. The van der Waals surface area contributed by atoms with E-state index >= 15 is 0 Å². The van der Waals surface area contributed by atoms with E-state index < -0.39 is 0 Å². The van der Waals surface area contributed by atoms with E-state index in [1.165, 1.54) is 23.4 Å². The number of carbonyl (C=O) groups excluding carboxylic acids is 1. The summed E-state index contributed by atoms with van der Waals surface area (Å²) in [6.45, 7) is 1.07. The van der Waals surface area contributed by atoms with E-state index in [1.54, 1.807) is 22.9 Å². The number of benzene rings is 1. The number of rotatable bonds is 6. The minimum atomic E-state index is -0.307. The Morgan fingerprint density at radius 1 is 1.25 bits per heavy atom. The third-order valence-corrected chi connectivity index (χ3v) is 4.45. The van der Waals surface area contributed by atoms with Gasteiger partial charge in [-0.05, 0) is 29.8 Å². The Balaban J connectivity index is 1.48. The van der Waals surface area contributed by atoms with Crippen molar-refractivity contribution < 1.29 is 9.21 Å². The van der Waals surface area contributed by atoms with Gasteiger partial charge in [0, 0.05) is 11.6 Å². The Morgan fingerprint density at radius 2 is 2.14 bits per heavy atom. The van der Waals surface area contributed by atoms with Crippen molar-refractivity contribution in [2.45, 2.75) is 13.1 Å². The molecule has 1 amide bonds. The molecule has 0 fully saturated rings. The topological polar surface area (TPSA) is 95.0 Å². The number of hydrogen-bond acceptors (Lipinski definition) is 5. The number of amides is 1. The summed E-state index contributed by atoms with van der Waals surface area (Å²) >= 11 is 6.00. The van der Waals surface area contributed by atoms with Crippen molar-refractivity contribution >= 4 is 28.5 Å². The van der Waals surface area contributed by atoms with Gasteiger partial charge in [0.2, 0.25) is 0 Å². The quantitative estimate of drug-likeness (QED) is 0.538. The van der Waals surface area contributed by atoms with Crippen LogP contribution in [0.15, 0.2) is 64.4 Å². The minimum Gasteiger partial charge on any atom is -0.459 e. The average molecular weight is 398 g/mol. The number of carbonyl (C=O) groups is 1. The van der Waals surface area contributed by atoms with Gasteiger partial charge in [0.15, 0.2) is 11.4 Å². The first-order valence-corrected chi connectivity index (χ1v) is 8.97. The summed E-state index contributed by atoms with van der Waals surface area (Å²) in [5.41, 5.74) is 1.19. The molecule has 0 aliphatic heterocycles. The molecule has 0 saturated carbocycles. The van der Waals surface area contributed by atoms with Crippen LogP contribution in [0.5, 0.6) is 0 Å². The molecule has 1 N–H and O–H groups in total. The molecule has 0 aliphatic carbocycles. The van der Waals surface area contributed by atoms with Crippen LogP contribution in [-0.2, 0) is 13.1 Å². The first-order chi connectivity index (χ1) is 13.6. The van der Waals surface area contributed by atoms with Gasteiger partial charge in [0.1, 0.15) is 11.7 Å². The first kappa shape index (κ1) is 18.0. The van der Waals surface area contributed by atoms with Gasteiger partial charge in [0.05, 0.1) is 25.5 Å². The number of hydrogen-bond donors (Lipinski definition) is 1. The lowest BCUT2D eigenvalue weighted by molar-refractivity contribution is 0.0924. The molecule has 8 nitrogen and oxygen atoms in total. The van der Waals surface area contributed by atoms with Crippen molar-refractivity contribution in [2.24, 2.45) is 0 Å². The zero-order valence-electron chi connectivity index (χ0n) is 14.7. The van der Waals surface area contributed by atoms with Crippen LogP contribution in [0.1, 0.15) is 16.1 Å². The maximum absolute atomic E-state index is 12.7. The molecule has 4 aromatic rings.